The molecule has 1 nitrogen and oxygen atoms in total. The summed E-state index contributed by atoms with van der Waals surface area (Å²) < 4.78 is 0. The number of aliphatic hydroxyl groups is 1. The Morgan fingerprint density at radius 2 is 2.38 bits per heavy atom. The summed E-state index contributed by atoms with van der Waals surface area (Å²) in [5, 5.41) is 8.56. The Morgan fingerprint density at radius 1 is 1.62 bits per heavy atom. The molecule has 44 valence electrons. The number of hydrogen-bond donors (Lipinski definition) is 1. The van der Waals surface area contributed by atoms with Crippen molar-refractivity contribution >= 4 is 11.3 Å². The first-order valence-electron chi connectivity index (χ1n) is 2.49. The molecule has 1 heterocycles. The Morgan fingerprint density at radius 3 is 2.62 bits per heavy atom. The molecule has 0 radical (unpaired) electrons. The lowest BCUT2D eigenvalue weighted by atomic mass is 10.4. The molecule has 0 unspecified atom stereocenters. The van der Waals surface area contributed by atoms with Gasteiger partial charge in [-0.15, -0.1) is 11.3 Å². The van der Waals surface area contributed by atoms with E-state index in [1.807, 2.05) is 19.1 Å². The van der Waals surface area contributed by atoms with E-state index in [0.717, 1.165) is 4.88 Å². The lowest BCUT2D eigenvalue weighted by Crippen LogP contribution is -1.69. The van der Waals surface area contributed by atoms with Crippen molar-refractivity contribution in [3.8, 4) is 0 Å². The van der Waals surface area contributed by atoms with Crippen molar-refractivity contribution in [1.29, 1.82) is 0 Å². The molecule has 0 saturated heterocycles. The van der Waals surface area contributed by atoms with Gasteiger partial charge in [0.2, 0.25) is 0 Å². The lowest BCUT2D eigenvalue weighted by Gasteiger charge is -1.80. The standard InChI is InChI=1S/C6H8OS/c1-5-2-3-6(4-7)8-5/h2-3,7H,4H2,1H3. The molecule has 8 heavy (non-hydrogen) atoms. The van der Waals surface area contributed by atoms with Crippen LogP contribution in [0.5, 0.6) is 0 Å². The van der Waals surface area contributed by atoms with Crippen LogP contribution in [0.2, 0.25) is 0 Å². The molecule has 2 heteroatoms. The first-order chi connectivity index (χ1) is 3.83. The number of aryl methyl sites for hydroxylation is 1. The predicted octanol–water partition coefficient (Wildman–Crippen LogP) is 1.55. The lowest BCUT2D eigenvalue weighted by molar-refractivity contribution is 0.285. The summed E-state index contributed by atoms with van der Waals surface area (Å²) >= 11 is 1.64. The zero-order chi connectivity index (χ0) is 5.98. The fraction of sp³-hybridized carbons (Fsp3) is 0.333. The molecular formula is C6H8OS. The van der Waals surface area contributed by atoms with Crippen LogP contribution in [0.15, 0.2) is 12.1 Å². The zero-order valence-electron chi connectivity index (χ0n) is 4.72. The van der Waals surface area contributed by atoms with Gasteiger partial charge in [-0.2, -0.15) is 0 Å². The highest BCUT2D eigenvalue weighted by Crippen LogP contribution is 2.13. The molecule has 1 N–H and O–H groups in total. The van der Waals surface area contributed by atoms with Crippen LogP contribution in [0.1, 0.15) is 9.75 Å². The van der Waals surface area contributed by atoms with E-state index in [2.05, 4.69) is 0 Å². The highest BCUT2D eigenvalue weighted by molar-refractivity contribution is 7.11. The Hall–Kier alpha value is -0.340. The molecule has 0 aromatic carbocycles. The van der Waals surface area contributed by atoms with E-state index in [4.69, 9.17) is 5.11 Å². The van der Waals surface area contributed by atoms with Gasteiger partial charge in [0.15, 0.2) is 0 Å². The van der Waals surface area contributed by atoms with E-state index in [-0.39, 0.29) is 6.61 Å². The summed E-state index contributed by atoms with van der Waals surface area (Å²) in [7, 11) is 0. The molecule has 1 rings (SSSR count). The number of hydrogen-bond acceptors (Lipinski definition) is 2. The predicted molar refractivity (Wildman–Crippen MR) is 35.0 cm³/mol. The number of thiophene rings is 1. The topological polar surface area (TPSA) is 20.2 Å². The van der Waals surface area contributed by atoms with Gasteiger partial charge in [0.1, 0.15) is 0 Å². The summed E-state index contributed by atoms with van der Waals surface area (Å²) in [4.78, 5) is 2.30. The van der Waals surface area contributed by atoms with Crippen LogP contribution in [0.3, 0.4) is 0 Å². The molecule has 0 bridgehead atoms. The Bertz CT molecular complexity index is 169. The first kappa shape index (κ1) is 5.79. The molecule has 0 aliphatic rings. The third-order valence-corrected chi connectivity index (χ3v) is 1.94. The third-order valence-electron chi connectivity index (χ3n) is 0.952. The van der Waals surface area contributed by atoms with Crippen LogP contribution >= 0.6 is 11.3 Å². The maximum absolute atomic E-state index is 8.56. The molecule has 0 fully saturated rings. The quantitative estimate of drug-likeness (QED) is 0.608. The monoisotopic (exact) mass is 128 g/mol. The van der Waals surface area contributed by atoms with Gasteiger partial charge in [-0.3, -0.25) is 0 Å². The summed E-state index contributed by atoms with van der Waals surface area (Å²) in [6, 6.07) is 3.95. The van der Waals surface area contributed by atoms with Crippen LogP contribution in [0, 0.1) is 6.92 Å². The normalized spacial score (nSPS) is 9.75. The fourth-order valence-electron chi connectivity index (χ4n) is 0.570. The molecule has 1 aromatic rings. The second-order valence-electron chi connectivity index (χ2n) is 1.67. The second kappa shape index (κ2) is 2.29. The van der Waals surface area contributed by atoms with Crippen LogP contribution < -0.4 is 0 Å². The minimum atomic E-state index is 0.179. The average molecular weight is 128 g/mol. The zero-order valence-corrected chi connectivity index (χ0v) is 5.53. The van der Waals surface area contributed by atoms with E-state index in [1.165, 1.54) is 4.88 Å². The van der Waals surface area contributed by atoms with Gasteiger partial charge in [-0.05, 0) is 19.1 Å². The van der Waals surface area contributed by atoms with Crippen molar-refractivity contribution < 1.29 is 5.11 Å². The Kier molecular flexibility index (Phi) is 1.65. The van der Waals surface area contributed by atoms with Gasteiger partial charge in [0, 0.05) is 9.75 Å². The summed E-state index contributed by atoms with van der Waals surface area (Å²) in [6.45, 7) is 2.21. The molecule has 0 atom stereocenters. The maximum atomic E-state index is 8.56. The average Bonchev–Trinajstić information content (AvgIpc) is 2.14. The highest BCUT2D eigenvalue weighted by Gasteiger charge is 1.90. The van der Waals surface area contributed by atoms with E-state index < -0.39 is 0 Å². The van der Waals surface area contributed by atoms with Gasteiger partial charge in [-0.1, -0.05) is 0 Å². The molecule has 0 amide bonds. The van der Waals surface area contributed by atoms with Gasteiger partial charge in [-0.25, -0.2) is 0 Å². The highest BCUT2D eigenvalue weighted by atomic mass is 32.1. The molecule has 0 spiro atoms. The molecule has 1 aromatic heterocycles. The van der Waals surface area contributed by atoms with Crippen molar-refractivity contribution in [2.45, 2.75) is 13.5 Å². The summed E-state index contributed by atoms with van der Waals surface area (Å²) in [5.41, 5.74) is 0. The van der Waals surface area contributed by atoms with Gasteiger partial charge in [0.25, 0.3) is 0 Å². The van der Waals surface area contributed by atoms with Crippen LogP contribution in [0.4, 0.5) is 0 Å². The van der Waals surface area contributed by atoms with E-state index in [1.54, 1.807) is 11.3 Å². The molecule has 0 aliphatic heterocycles. The van der Waals surface area contributed by atoms with Crippen molar-refractivity contribution in [2.24, 2.45) is 0 Å². The molecule has 0 saturated carbocycles. The minimum absolute atomic E-state index is 0.179. The second-order valence-corrected chi connectivity index (χ2v) is 3.04. The fourth-order valence-corrected chi connectivity index (χ4v) is 1.32. The van der Waals surface area contributed by atoms with Crippen molar-refractivity contribution in [2.75, 3.05) is 0 Å². The number of rotatable bonds is 1. The van der Waals surface area contributed by atoms with Crippen molar-refractivity contribution in [3.05, 3.63) is 21.9 Å². The smallest absolute Gasteiger partial charge is 0.0774 e. The van der Waals surface area contributed by atoms with Crippen LogP contribution in [-0.4, -0.2) is 5.11 Å². The SMILES string of the molecule is Cc1ccc(CO)s1. The Balaban J connectivity index is 2.84. The maximum Gasteiger partial charge on any atom is 0.0774 e. The third kappa shape index (κ3) is 1.08. The molecular weight excluding hydrogens is 120 g/mol. The van der Waals surface area contributed by atoms with Crippen LogP contribution in [-0.2, 0) is 6.61 Å². The molecule has 0 aliphatic carbocycles. The van der Waals surface area contributed by atoms with Crippen molar-refractivity contribution in [1.82, 2.24) is 0 Å². The number of aliphatic hydroxyl groups excluding tert-OH is 1. The van der Waals surface area contributed by atoms with Gasteiger partial charge < -0.3 is 5.11 Å². The Labute approximate surface area is 52.6 Å². The van der Waals surface area contributed by atoms with Crippen LogP contribution in [0.25, 0.3) is 0 Å². The van der Waals surface area contributed by atoms with E-state index in [9.17, 15) is 0 Å². The van der Waals surface area contributed by atoms with E-state index >= 15 is 0 Å². The first-order valence-corrected chi connectivity index (χ1v) is 3.31. The minimum Gasteiger partial charge on any atom is -0.391 e. The largest absolute Gasteiger partial charge is 0.391 e. The van der Waals surface area contributed by atoms with E-state index in [0.29, 0.717) is 0 Å². The summed E-state index contributed by atoms with van der Waals surface area (Å²) in [6.07, 6.45) is 0. The van der Waals surface area contributed by atoms with Crippen molar-refractivity contribution in [3.63, 3.8) is 0 Å². The van der Waals surface area contributed by atoms with Gasteiger partial charge >= 0.3 is 0 Å². The van der Waals surface area contributed by atoms with Gasteiger partial charge in [0.05, 0.1) is 6.61 Å². The summed E-state index contributed by atoms with van der Waals surface area (Å²) in [5.74, 6) is 0.